The summed E-state index contributed by atoms with van der Waals surface area (Å²) in [6, 6.07) is 11.6. The van der Waals surface area contributed by atoms with Crippen LogP contribution in [0.1, 0.15) is 17.3 Å². The van der Waals surface area contributed by atoms with Gasteiger partial charge in [0.05, 0.1) is 18.7 Å². The molecule has 0 aliphatic carbocycles. The summed E-state index contributed by atoms with van der Waals surface area (Å²) in [4.78, 5) is 37.1. The number of benzene rings is 2. The maximum atomic E-state index is 12.9. The van der Waals surface area contributed by atoms with Crippen molar-refractivity contribution in [2.24, 2.45) is 0 Å². The van der Waals surface area contributed by atoms with Gasteiger partial charge in [0.1, 0.15) is 11.6 Å². The Balaban J connectivity index is 1.78. The highest BCUT2D eigenvalue weighted by Crippen LogP contribution is 2.13. The Morgan fingerprint density at radius 3 is 2.29 bits per heavy atom. The maximum Gasteiger partial charge on any atom is 0.338 e. The first-order valence-electron chi connectivity index (χ1n) is 8.58. The summed E-state index contributed by atoms with van der Waals surface area (Å²) in [6.07, 6.45) is 0. The van der Waals surface area contributed by atoms with E-state index in [1.807, 2.05) is 6.92 Å². The molecule has 0 aliphatic rings. The lowest BCUT2D eigenvalue weighted by Gasteiger charge is -2.16. The van der Waals surface area contributed by atoms with Crippen LogP contribution in [0, 0.1) is 5.82 Å². The van der Waals surface area contributed by atoms with E-state index in [-0.39, 0.29) is 12.1 Å². The molecule has 0 unspecified atom stereocenters. The molecule has 0 aliphatic heterocycles. The Bertz CT molecular complexity index is 821. The van der Waals surface area contributed by atoms with Crippen LogP contribution < -0.4 is 10.1 Å². The molecular formula is C20H21FN2O5. The fourth-order valence-corrected chi connectivity index (χ4v) is 2.21. The van der Waals surface area contributed by atoms with Gasteiger partial charge in [-0.1, -0.05) is 0 Å². The van der Waals surface area contributed by atoms with E-state index in [2.05, 4.69) is 5.32 Å². The SMILES string of the molecule is CCOc1ccc(C(=O)OCC(=O)N(C)CC(=O)Nc2ccc(F)cc2)cc1. The van der Waals surface area contributed by atoms with Crippen LogP contribution in [-0.2, 0) is 14.3 Å². The van der Waals surface area contributed by atoms with Crippen molar-refractivity contribution in [3.05, 3.63) is 59.9 Å². The number of likely N-dealkylation sites (N-methyl/N-ethyl adjacent to an activating group) is 1. The zero-order valence-corrected chi connectivity index (χ0v) is 15.6. The highest BCUT2D eigenvalue weighted by molar-refractivity contribution is 5.95. The highest BCUT2D eigenvalue weighted by Gasteiger charge is 2.16. The first-order valence-corrected chi connectivity index (χ1v) is 8.58. The second kappa shape index (κ2) is 10.1. The number of ether oxygens (including phenoxy) is 2. The fourth-order valence-electron chi connectivity index (χ4n) is 2.21. The quantitative estimate of drug-likeness (QED) is 0.703. The van der Waals surface area contributed by atoms with Crippen LogP contribution in [0.25, 0.3) is 0 Å². The van der Waals surface area contributed by atoms with Gasteiger partial charge in [-0.05, 0) is 55.5 Å². The monoisotopic (exact) mass is 388 g/mol. The van der Waals surface area contributed by atoms with E-state index < -0.39 is 30.2 Å². The van der Waals surface area contributed by atoms with Gasteiger partial charge in [-0.3, -0.25) is 9.59 Å². The molecular weight excluding hydrogens is 367 g/mol. The second-order valence-electron chi connectivity index (χ2n) is 5.84. The highest BCUT2D eigenvalue weighted by atomic mass is 19.1. The molecule has 7 nitrogen and oxygen atoms in total. The number of rotatable bonds is 8. The average molecular weight is 388 g/mol. The first kappa shape index (κ1) is 20.9. The number of amides is 2. The van der Waals surface area contributed by atoms with Gasteiger partial charge in [0.25, 0.3) is 5.91 Å². The maximum absolute atomic E-state index is 12.9. The van der Waals surface area contributed by atoms with Gasteiger partial charge >= 0.3 is 5.97 Å². The molecule has 2 amide bonds. The largest absolute Gasteiger partial charge is 0.494 e. The summed E-state index contributed by atoms with van der Waals surface area (Å²) in [6.45, 7) is 1.63. The van der Waals surface area contributed by atoms with Crippen LogP contribution in [0.4, 0.5) is 10.1 Å². The number of halogens is 1. The van der Waals surface area contributed by atoms with Gasteiger partial charge < -0.3 is 19.7 Å². The summed E-state index contributed by atoms with van der Waals surface area (Å²) in [5, 5.41) is 2.54. The molecule has 28 heavy (non-hydrogen) atoms. The summed E-state index contributed by atoms with van der Waals surface area (Å²) < 4.78 is 23.1. The van der Waals surface area contributed by atoms with Crippen molar-refractivity contribution >= 4 is 23.5 Å². The van der Waals surface area contributed by atoms with Crippen molar-refractivity contribution in [3.8, 4) is 5.75 Å². The predicted octanol–water partition coefficient (Wildman–Crippen LogP) is 2.48. The van der Waals surface area contributed by atoms with Gasteiger partial charge in [0, 0.05) is 12.7 Å². The van der Waals surface area contributed by atoms with Gasteiger partial charge in [-0.15, -0.1) is 0 Å². The Labute approximate surface area is 162 Å². The molecule has 0 aromatic heterocycles. The van der Waals surface area contributed by atoms with Crippen molar-refractivity contribution in [2.75, 3.05) is 32.1 Å². The summed E-state index contributed by atoms with van der Waals surface area (Å²) >= 11 is 0. The van der Waals surface area contributed by atoms with E-state index in [0.29, 0.717) is 18.0 Å². The van der Waals surface area contributed by atoms with E-state index in [4.69, 9.17) is 9.47 Å². The third-order valence-corrected chi connectivity index (χ3v) is 3.66. The Hall–Kier alpha value is -3.42. The van der Waals surface area contributed by atoms with E-state index in [1.54, 1.807) is 12.1 Å². The standard InChI is InChI=1S/C20H21FN2O5/c1-3-27-17-10-4-14(5-11-17)20(26)28-13-19(25)23(2)12-18(24)22-16-8-6-15(21)7-9-16/h4-11H,3,12-13H2,1-2H3,(H,22,24). The predicted molar refractivity (Wildman–Crippen MR) is 101 cm³/mol. The summed E-state index contributed by atoms with van der Waals surface area (Å²) in [7, 11) is 1.41. The number of esters is 1. The van der Waals surface area contributed by atoms with Crippen molar-refractivity contribution in [1.82, 2.24) is 4.90 Å². The molecule has 2 aromatic carbocycles. The van der Waals surface area contributed by atoms with E-state index in [1.165, 1.54) is 43.4 Å². The zero-order chi connectivity index (χ0) is 20.5. The number of carbonyl (C=O) groups is 3. The third-order valence-electron chi connectivity index (χ3n) is 3.66. The molecule has 0 saturated carbocycles. The number of nitrogens with zero attached hydrogens (tertiary/aromatic N) is 1. The van der Waals surface area contributed by atoms with Crippen LogP contribution in [0.5, 0.6) is 5.75 Å². The lowest BCUT2D eigenvalue weighted by Crippen LogP contribution is -2.37. The van der Waals surface area contributed by atoms with Crippen molar-refractivity contribution < 1.29 is 28.2 Å². The first-order chi connectivity index (χ1) is 13.4. The molecule has 2 rings (SSSR count). The number of hydrogen-bond donors (Lipinski definition) is 1. The minimum Gasteiger partial charge on any atom is -0.494 e. The molecule has 8 heteroatoms. The number of hydrogen-bond acceptors (Lipinski definition) is 5. The third kappa shape index (κ3) is 6.39. The summed E-state index contributed by atoms with van der Waals surface area (Å²) in [5.41, 5.74) is 0.696. The minimum atomic E-state index is -0.652. The second-order valence-corrected chi connectivity index (χ2v) is 5.84. The Morgan fingerprint density at radius 1 is 1.04 bits per heavy atom. The zero-order valence-electron chi connectivity index (χ0n) is 15.6. The molecule has 2 aromatic rings. The van der Waals surface area contributed by atoms with Gasteiger partial charge in [0.2, 0.25) is 5.91 Å². The molecule has 0 bridgehead atoms. The van der Waals surface area contributed by atoms with Crippen molar-refractivity contribution in [2.45, 2.75) is 6.92 Å². The van der Waals surface area contributed by atoms with Crippen LogP contribution >= 0.6 is 0 Å². The van der Waals surface area contributed by atoms with E-state index in [0.717, 1.165) is 4.90 Å². The average Bonchev–Trinajstić information content (AvgIpc) is 2.68. The molecule has 0 heterocycles. The lowest BCUT2D eigenvalue weighted by atomic mass is 10.2. The topological polar surface area (TPSA) is 84.9 Å². The van der Waals surface area contributed by atoms with E-state index in [9.17, 15) is 18.8 Å². The normalized spacial score (nSPS) is 10.1. The fraction of sp³-hybridized carbons (Fsp3) is 0.250. The lowest BCUT2D eigenvalue weighted by molar-refractivity contribution is -0.136. The summed E-state index contributed by atoms with van der Waals surface area (Å²) in [5.74, 6) is -1.43. The molecule has 0 fully saturated rings. The van der Waals surface area contributed by atoms with Crippen molar-refractivity contribution in [3.63, 3.8) is 0 Å². The molecule has 0 spiro atoms. The molecule has 148 valence electrons. The smallest absolute Gasteiger partial charge is 0.338 e. The number of nitrogens with one attached hydrogen (secondary N) is 1. The minimum absolute atomic E-state index is 0.239. The number of carbonyl (C=O) groups excluding carboxylic acids is 3. The van der Waals surface area contributed by atoms with Crippen LogP contribution in [-0.4, -0.2) is 49.5 Å². The van der Waals surface area contributed by atoms with Gasteiger partial charge in [-0.25, -0.2) is 9.18 Å². The van der Waals surface area contributed by atoms with Gasteiger partial charge in [0.15, 0.2) is 6.61 Å². The van der Waals surface area contributed by atoms with E-state index >= 15 is 0 Å². The molecule has 0 radical (unpaired) electrons. The van der Waals surface area contributed by atoms with Crippen molar-refractivity contribution in [1.29, 1.82) is 0 Å². The van der Waals surface area contributed by atoms with Crippen LogP contribution in [0.3, 0.4) is 0 Å². The molecule has 0 atom stereocenters. The Morgan fingerprint density at radius 2 is 1.68 bits per heavy atom. The molecule has 0 saturated heterocycles. The molecule has 1 N–H and O–H groups in total. The van der Waals surface area contributed by atoms with Gasteiger partial charge in [-0.2, -0.15) is 0 Å². The van der Waals surface area contributed by atoms with Crippen LogP contribution in [0.15, 0.2) is 48.5 Å². The van der Waals surface area contributed by atoms with Crippen LogP contribution in [0.2, 0.25) is 0 Å². The number of anilines is 1. The Kier molecular flexibility index (Phi) is 7.50.